The minimum atomic E-state index is 0.361. The summed E-state index contributed by atoms with van der Waals surface area (Å²) in [7, 11) is 1.96. The summed E-state index contributed by atoms with van der Waals surface area (Å²) in [6.07, 6.45) is 1.71. The molecule has 0 saturated carbocycles. The molecule has 6 nitrogen and oxygen atoms in total. The Morgan fingerprint density at radius 3 is 2.79 bits per heavy atom. The fraction of sp³-hybridized carbons (Fsp3) is 0.0588. The summed E-state index contributed by atoms with van der Waals surface area (Å²) in [4.78, 5) is 4.52. The van der Waals surface area contributed by atoms with Crippen LogP contribution in [0.4, 0.5) is 5.95 Å². The molecule has 0 aliphatic heterocycles. The van der Waals surface area contributed by atoms with Crippen LogP contribution < -0.4 is 5.43 Å². The monoisotopic (exact) mass is 380 g/mol. The average molecular weight is 381 g/mol. The van der Waals surface area contributed by atoms with Crippen LogP contribution in [0.25, 0.3) is 22.1 Å². The second-order valence-electron chi connectivity index (χ2n) is 5.31. The van der Waals surface area contributed by atoms with Gasteiger partial charge in [-0.05, 0) is 23.8 Å². The van der Waals surface area contributed by atoms with Crippen LogP contribution in [0.5, 0.6) is 0 Å². The highest BCUT2D eigenvalue weighted by Crippen LogP contribution is 2.27. The molecule has 7 heteroatoms. The fourth-order valence-electron chi connectivity index (χ4n) is 2.58. The van der Waals surface area contributed by atoms with E-state index in [4.69, 9.17) is 0 Å². The summed E-state index contributed by atoms with van der Waals surface area (Å²) in [5.41, 5.74) is 6.41. The topological polar surface area (TPSA) is 68.0 Å². The van der Waals surface area contributed by atoms with Crippen LogP contribution >= 0.6 is 15.9 Å². The minimum Gasteiger partial charge on any atom is -0.327 e. The zero-order valence-corrected chi connectivity index (χ0v) is 14.4. The van der Waals surface area contributed by atoms with Crippen LogP contribution in [0.15, 0.2) is 58.1 Å². The molecular formula is C17H13BrN6. The van der Waals surface area contributed by atoms with Gasteiger partial charge in [0.25, 0.3) is 5.95 Å². The number of hydrazone groups is 1. The predicted octanol–water partition coefficient (Wildman–Crippen LogP) is 3.73. The Balaban J connectivity index is 1.69. The van der Waals surface area contributed by atoms with Crippen molar-refractivity contribution in [2.24, 2.45) is 12.1 Å². The number of benzene rings is 2. The first-order chi connectivity index (χ1) is 11.7. The highest BCUT2D eigenvalue weighted by atomic mass is 79.9. The molecule has 1 N–H and O–H groups in total. The number of anilines is 1. The number of hydrogen-bond acceptors (Lipinski definition) is 5. The lowest BCUT2D eigenvalue weighted by molar-refractivity contribution is 0.949. The third kappa shape index (κ3) is 2.63. The lowest BCUT2D eigenvalue weighted by Crippen LogP contribution is -2.00. The number of halogens is 1. The number of aromatic nitrogens is 4. The molecule has 0 amide bonds. The van der Waals surface area contributed by atoms with E-state index in [2.05, 4.69) is 41.6 Å². The summed E-state index contributed by atoms with van der Waals surface area (Å²) >= 11 is 3.49. The van der Waals surface area contributed by atoms with Crippen molar-refractivity contribution in [2.75, 3.05) is 5.43 Å². The van der Waals surface area contributed by atoms with Crippen molar-refractivity contribution < 1.29 is 0 Å². The Morgan fingerprint density at radius 1 is 1.12 bits per heavy atom. The highest BCUT2D eigenvalue weighted by Gasteiger charge is 2.12. The number of aryl methyl sites for hydroxylation is 1. The first kappa shape index (κ1) is 14.8. The van der Waals surface area contributed by atoms with Gasteiger partial charge in [-0.15, -0.1) is 10.2 Å². The number of nitrogens with zero attached hydrogens (tertiary/aromatic N) is 5. The average Bonchev–Trinajstić information content (AvgIpc) is 2.88. The Kier molecular flexibility index (Phi) is 3.70. The van der Waals surface area contributed by atoms with E-state index in [-0.39, 0.29) is 0 Å². The maximum absolute atomic E-state index is 4.52. The summed E-state index contributed by atoms with van der Waals surface area (Å²) in [6, 6.07) is 15.9. The standard InChI is InChI=1S/C17H13BrN6/c1-24-14-8-7-12(18)9-13(14)15-16(24)20-17(23-21-15)22-19-10-11-5-3-2-4-6-11/h2-10H,1H3,(H,20,22,23)/b19-10+. The largest absolute Gasteiger partial charge is 0.327 e. The molecule has 0 spiro atoms. The van der Waals surface area contributed by atoms with Crippen LogP contribution in [-0.2, 0) is 7.05 Å². The van der Waals surface area contributed by atoms with Crippen LogP contribution in [0.1, 0.15) is 5.56 Å². The molecule has 2 aromatic heterocycles. The molecule has 2 aromatic carbocycles. The number of nitrogens with one attached hydrogen (secondary N) is 1. The maximum atomic E-state index is 4.52. The molecule has 118 valence electrons. The first-order valence-electron chi connectivity index (χ1n) is 7.35. The maximum Gasteiger partial charge on any atom is 0.265 e. The van der Waals surface area contributed by atoms with Gasteiger partial charge in [0, 0.05) is 16.9 Å². The van der Waals surface area contributed by atoms with Gasteiger partial charge in [0.15, 0.2) is 5.65 Å². The van der Waals surface area contributed by atoms with Gasteiger partial charge in [-0.3, -0.25) is 0 Å². The Morgan fingerprint density at radius 2 is 1.96 bits per heavy atom. The lowest BCUT2D eigenvalue weighted by atomic mass is 10.2. The van der Waals surface area contributed by atoms with Crippen molar-refractivity contribution in [3.05, 3.63) is 58.6 Å². The fourth-order valence-corrected chi connectivity index (χ4v) is 2.94. The van der Waals surface area contributed by atoms with Gasteiger partial charge in [-0.1, -0.05) is 46.3 Å². The molecule has 0 unspecified atom stereocenters. The van der Waals surface area contributed by atoms with Crippen molar-refractivity contribution in [2.45, 2.75) is 0 Å². The highest BCUT2D eigenvalue weighted by molar-refractivity contribution is 9.10. The van der Waals surface area contributed by atoms with Crippen molar-refractivity contribution in [3.8, 4) is 0 Å². The second kappa shape index (κ2) is 6.01. The smallest absolute Gasteiger partial charge is 0.265 e. The van der Waals surface area contributed by atoms with Crippen molar-refractivity contribution >= 4 is 50.2 Å². The SMILES string of the molecule is Cn1c2ccc(Br)cc2c2nnc(N/N=C/c3ccccc3)nc21. The van der Waals surface area contributed by atoms with Crippen LogP contribution in [0.3, 0.4) is 0 Å². The van der Waals surface area contributed by atoms with E-state index in [1.54, 1.807) is 6.21 Å². The van der Waals surface area contributed by atoms with Crippen LogP contribution in [0, 0.1) is 0 Å². The molecule has 0 fully saturated rings. The summed E-state index contributed by atoms with van der Waals surface area (Å²) in [5.74, 6) is 0.361. The third-order valence-corrected chi connectivity index (χ3v) is 4.23. The molecule has 0 aliphatic rings. The summed E-state index contributed by atoms with van der Waals surface area (Å²) in [6.45, 7) is 0. The zero-order chi connectivity index (χ0) is 16.5. The molecule has 0 aliphatic carbocycles. The van der Waals surface area contributed by atoms with Gasteiger partial charge in [0.2, 0.25) is 0 Å². The van der Waals surface area contributed by atoms with Gasteiger partial charge >= 0.3 is 0 Å². The predicted molar refractivity (Wildman–Crippen MR) is 99.2 cm³/mol. The van der Waals surface area contributed by atoms with Gasteiger partial charge in [-0.25, -0.2) is 5.43 Å². The lowest BCUT2D eigenvalue weighted by Gasteiger charge is -1.99. The summed E-state index contributed by atoms with van der Waals surface area (Å²) in [5, 5.41) is 13.6. The molecule has 4 rings (SSSR count). The molecule has 0 saturated heterocycles. The van der Waals surface area contributed by atoms with Gasteiger partial charge in [0.05, 0.1) is 11.7 Å². The Labute approximate surface area is 146 Å². The van der Waals surface area contributed by atoms with Crippen molar-refractivity contribution in [3.63, 3.8) is 0 Å². The molecule has 24 heavy (non-hydrogen) atoms. The van der Waals surface area contributed by atoms with Gasteiger partial charge < -0.3 is 4.57 Å². The van der Waals surface area contributed by atoms with E-state index in [0.29, 0.717) is 5.95 Å². The molecule has 0 radical (unpaired) electrons. The van der Waals surface area contributed by atoms with Crippen LogP contribution in [0.2, 0.25) is 0 Å². The number of fused-ring (bicyclic) bond motifs is 3. The number of hydrogen-bond donors (Lipinski definition) is 1. The van der Waals surface area contributed by atoms with E-state index >= 15 is 0 Å². The minimum absolute atomic E-state index is 0.361. The zero-order valence-electron chi connectivity index (χ0n) is 12.8. The second-order valence-corrected chi connectivity index (χ2v) is 6.22. The first-order valence-corrected chi connectivity index (χ1v) is 8.14. The quantitative estimate of drug-likeness (QED) is 0.434. The van der Waals surface area contributed by atoms with E-state index in [1.807, 2.05) is 60.1 Å². The number of rotatable bonds is 3. The van der Waals surface area contributed by atoms with E-state index in [0.717, 1.165) is 32.1 Å². The normalized spacial score (nSPS) is 11.6. The molecule has 0 atom stereocenters. The molecule has 4 aromatic rings. The van der Waals surface area contributed by atoms with Crippen molar-refractivity contribution in [1.29, 1.82) is 0 Å². The Hall–Kier alpha value is -2.80. The molecular weight excluding hydrogens is 368 g/mol. The molecule has 2 heterocycles. The summed E-state index contributed by atoms with van der Waals surface area (Å²) < 4.78 is 3.00. The van der Waals surface area contributed by atoms with Gasteiger partial charge in [-0.2, -0.15) is 10.1 Å². The molecule has 0 bridgehead atoms. The van der Waals surface area contributed by atoms with E-state index in [1.165, 1.54) is 0 Å². The van der Waals surface area contributed by atoms with Gasteiger partial charge in [0.1, 0.15) is 5.52 Å². The van der Waals surface area contributed by atoms with Crippen LogP contribution in [-0.4, -0.2) is 26.0 Å². The van der Waals surface area contributed by atoms with E-state index in [9.17, 15) is 0 Å². The Bertz CT molecular complexity index is 1060. The van der Waals surface area contributed by atoms with E-state index < -0.39 is 0 Å². The third-order valence-electron chi connectivity index (χ3n) is 3.74. The van der Waals surface area contributed by atoms with Crippen molar-refractivity contribution in [1.82, 2.24) is 19.7 Å².